The molecule has 0 aliphatic carbocycles. The van der Waals surface area contributed by atoms with Crippen molar-refractivity contribution in [2.75, 3.05) is 52.4 Å². The van der Waals surface area contributed by atoms with Crippen LogP contribution in [0.15, 0.2) is 30.3 Å². The van der Waals surface area contributed by atoms with E-state index in [2.05, 4.69) is 15.5 Å². The summed E-state index contributed by atoms with van der Waals surface area (Å²) in [6, 6.07) is 9.87. The molecule has 136 valence electrons. The van der Waals surface area contributed by atoms with Gasteiger partial charge in [0.2, 0.25) is 5.91 Å². The topological polar surface area (TPSA) is 73.9 Å². The van der Waals surface area contributed by atoms with Gasteiger partial charge in [0, 0.05) is 45.8 Å². The van der Waals surface area contributed by atoms with E-state index in [0.29, 0.717) is 52.4 Å². The van der Waals surface area contributed by atoms with Crippen molar-refractivity contribution >= 4 is 11.8 Å². The molecule has 0 spiro atoms. The van der Waals surface area contributed by atoms with Gasteiger partial charge in [0.1, 0.15) is 6.10 Å². The van der Waals surface area contributed by atoms with Crippen LogP contribution in [-0.2, 0) is 20.9 Å². The predicted octanol–water partition coefficient (Wildman–Crippen LogP) is -0.565. The molecular weight excluding hydrogens is 320 g/mol. The van der Waals surface area contributed by atoms with Crippen molar-refractivity contribution in [2.24, 2.45) is 0 Å². The van der Waals surface area contributed by atoms with E-state index in [-0.39, 0.29) is 17.9 Å². The Kier molecular flexibility index (Phi) is 6.38. The summed E-state index contributed by atoms with van der Waals surface area (Å²) in [5.74, 6) is 0.0730. The average molecular weight is 346 g/mol. The second-order valence-electron chi connectivity index (χ2n) is 6.43. The first-order valence-electron chi connectivity index (χ1n) is 8.86. The number of nitrogens with one attached hydrogen (secondary N) is 2. The molecule has 2 aliphatic heterocycles. The Morgan fingerprint density at radius 2 is 1.92 bits per heavy atom. The number of hydrogen-bond acceptors (Lipinski definition) is 5. The molecule has 1 unspecified atom stereocenters. The highest BCUT2D eigenvalue weighted by molar-refractivity contribution is 5.81. The van der Waals surface area contributed by atoms with Crippen LogP contribution in [0, 0.1) is 0 Å². The number of carbonyl (C=O) groups excluding carboxylic acids is 2. The van der Waals surface area contributed by atoms with Crippen LogP contribution in [0.3, 0.4) is 0 Å². The Morgan fingerprint density at radius 1 is 1.16 bits per heavy atom. The summed E-state index contributed by atoms with van der Waals surface area (Å²) in [5, 5.41) is 6.12. The zero-order chi connectivity index (χ0) is 17.5. The van der Waals surface area contributed by atoms with Crippen LogP contribution < -0.4 is 10.6 Å². The van der Waals surface area contributed by atoms with E-state index >= 15 is 0 Å². The zero-order valence-corrected chi connectivity index (χ0v) is 14.4. The van der Waals surface area contributed by atoms with Gasteiger partial charge in [-0.2, -0.15) is 0 Å². The molecule has 2 saturated heterocycles. The molecule has 2 heterocycles. The maximum atomic E-state index is 12.4. The van der Waals surface area contributed by atoms with E-state index in [9.17, 15) is 9.59 Å². The summed E-state index contributed by atoms with van der Waals surface area (Å²) in [6.07, 6.45) is -0.366. The monoisotopic (exact) mass is 346 g/mol. The fraction of sp³-hybridized carbons (Fsp3) is 0.556. The minimum absolute atomic E-state index is 0.0171. The zero-order valence-electron chi connectivity index (χ0n) is 14.4. The third-order valence-corrected chi connectivity index (χ3v) is 4.59. The van der Waals surface area contributed by atoms with Crippen LogP contribution in [0.4, 0.5) is 0 Å². The van der Waals surface area contributed by atoms with Crippen molar-refractivity contribution in [3.63, 3.8) is 0 Å². The van der Waals surface area contributed by atoms with Crippen molar-refractivity contribution in [3.8, 4) is 0 Å². The molecule has 7 heteroatoms. The van der Waals surface area contributed by atoms with Crippen molar-refractivity contribution in [2.45, 2.75) is 12.6 Å². The number of rotatable bonds is 5. The molecule has 2 amide bonds. The van der Waals surface area contributed by atoms with E-state index in [1.807, 2.05) is 35.2 Å². The molecule has 25 heavy (non-hydrogen) atoms. The van der Waals surface area contributed by atoms with Crippen LogP contribution in [0.25, 0.3) is 0 Å². The second-order valence-corrected chi connectivity index (χ2v) is 6.43. The van der Waals surface area contributed by atoms with Gasteiger partial charge in [-0.25, -0.2) is 0 Å². The first kappa shape index (κ1) is 17.8. The van der Waals surface area contributed by atoms with Crippen LogP contribution in [0.5, 0.6) is 0 Å². The summed E-state index contributed by atoms with van der Waals surface area (Å²) in [4.78, 5) is 28.4. The van der Waals surface area contributed by atoms with Crippen LogP contribution in [0.1, 0.15) is 5.56 Å². The van der Waals surface area contributed by atoms with Gasteiger partial charge in [-0.3, -0.25) is 14.5 Å². The molecule has 0 saturated carbocycles. The van der Waals surface area contributed by atoms with E-state index < -0.39 is 0 Å². The maximum absolute atomic E-state index is 12.4. The quantitative estimate of drug-likeness (QED) is 0.747. The van der Waals surface area contributed by atoms with Crippen molar-refractivity contribution in [1.82, 2.24) is 20.4 Å². The number of amides is 2. The van der Waals surface area contributed by atoms with Crippen molar-refractivity contribution in [1.29, 1.82) is 0 Å². The van der Waals surface area contributed by atoms with Gasteiger partial charge in [0.05, 0.1) is 13.2 Å². The molecule has 0 aromatic heterocycles. The Morgan fingerprint density at radius 3 is 2.60 bits per heavy atom. The van der Waals surface area contributed by atoms with Gasteiger partial charge in [-0.1, -0.05) is 30.3 Å². The van der Waals surface area contributed by atoms with Crippen LogP contribution in [0.2, 0.25) is 0 Å². The Bertz CT molecular complexity index is 567. The molecule has 2 N–H and O–H groups in total. The highest BCUT2D eigenvalue weighted by Gasteiger charge is 2.29. The molecule has 7 nitrogen and oxygen atoms in total. The lowest BCUT2D eigenvalue weighted by Gasteiger charge is -2.36. The summed E-state index contributed by atoms with van der Waals surface area (Å²) >= 11 is 0. The van der Waals surface area contributed by atoms with Gasteiger partial charge in [-0.05, 0) is 5.56 Å². The highest BCUT2D eigenvalue weighted by Crippen LogP contribution is 2.07. The first-order chi connectivity index (χ1) is 12.2. The Hall–Kier alpha value is -1.96. The Labute approximate surface area is 148 Å². The number of carbonyl (C=O) groups is 2. The second kappa shape index (κ2) is 8.94. The Balaban J connectivity index is 1.37. The van der Waals surface area contributed by atoms with Crippen molar-refractivity contribution < 1.29 is 14.3 Å². The van der Waals surface area contributed by atoms with Crippen LogP contribution >= 0.6 is 0 Å². The minimum atomic E-state index is -0.366. The third-order valence-electron chi connectivity index (χ3n) is 4.59. The predicted molar refractivity (Wildman–Crippen MR) is 93.9 cm³/mol. The molecule has 2 aliphatic rings. The van der Waals surface area contributed by atoms with Gasteiger partial charge >= 0.3 is 0 Å². The highest BCUT2D eigenvalue weighted by atomic mass is 16.5. The van der Waals surface area contributed by atoms with Gasteiger partial charge < -0.3 is 20.3 Å². The fourth-order valence-electron chi connectivity index (χ4n) is 3.11. The molecule has 1 aromatic rings. The summed E-state index contributed by atoms with van der Waals surface area (Å²) in [7, 11) is 0. The summed E-state index contributed by atoms with van der Waals surface area (Å²) in [6.45, 7) is 5.60. The largest absolute Gasteiger partial charge is 0.366 e. The smallest absolute Gasteiger partial charge is 0.253 e. The van der Waals surface area contributed by atoms with E-state index in [1.54, 1.807) is 0 Å². The number of nitrogens with zero attached hydrogens (tertiary/aromatic N) is 2. The maximum Gasteiger partial charge on any atom is 0.253 e. The first-order valence-corrected chi connectivity index (χ1v) is 8.86. The van der Waals surface area contributed by atoms with Crippen LogP contribution in [-0.4, -0.2) is 80.1 Å². The lowest BCUT2D eigenvalue weighted by atomic mass is 10.2. The number of piperazine rings is 1. The molecule has 0 radical (unpaired) electrons. The lowest BCUT2D eigenvalue weighted by Crippen LogP contribution is -2.56. The normalized spacial score (nSPS) is 21.8. The number of morpholine rings is 1. The number of hydrogen-bond donors (Lipinski definition) is 2. The number of benzene rings is 1. The fourth-order valence-corrected chi connectivity index (χ4v) is 3.11. The summed E-state index contributed by atoms with van der Waals surface area (Å²) < 4.78 is 5.53. The average Bonchev–Trinajstić information content (AvgIpc) is 2.68. The number of ether oxygens (including phenoxy) is 1. The SMILES string of the molecule is O=C(CN1CCN(C(=O)C2CNCCO2)CC1)NCc1ccccc1. The molecule has 1 atom stereocenters. The van der Waals surface area contributed by atoms with E-state index in [0.717, 1.165) is 12.1 Å². The molecule has 1 aromatic carbocycles. The van der Waals surface area contributed by atoms with Crippen molar-refractivity contribution in [3.05, 3.63) is 35.9 Å². The van der Waals surface area contributed by atoms with E-state index in [1.165, 1.54) is 0 Å². The molecule has 2 fully saturated rings. The summed E-state index contributed by atoms with van der Waals surface area (Å²) in [5.41, 5.74) is 1.09. The minimum Gasteiger partial charge on any atom is -0.366 e. The van der Waals surface area contributed by atoms with E-state index in [4.69, 9.17) is 4.74 Å². The third kappa shape index (κ3) is 5.26. The van der Waals surface area contributed by atoms with Gasteiger partial charge in [0.15, 0.2) is 0 Å². The van der Waals surface area contributed by atoms with Gasteiger partial charge in [-0.15, -0.1) is 0 Å². The van der Waals surface area contributed by atoms with Gasteiger partial charge in [0.25, 0.3) is 5.91 Å². The molecule has 3 rings (SSSR count). The molecular formula is C18H26N4O3. The standard InChI is InChI=1S/C18H26N4O3/c23-17(20-12-15-4-2-1-3-5-15)14-21-7-9-22(10-8-21)18(24)16-13-19-6-11-25-16/h1-5,16,19H,6-14H2,(H,20,23). The molecule has 0 bridgehead atoms. The lowest BCUT2D eigenvalue weighted by molar-refractivity contribution is -0.147.